The number of ether oxygens (including phenoxy) is 2. The van der Waals surface area contributed by atoms with Gasteiger partial charge in [-0.2, -0.15) is 0 Å². The van der Waals surface area contributed by atoms with Gasteiger partial charge in [0.15, 0.2) is 5.96 Å². The number of piperidine rings is 1. The largest absolute Gasteiger partial charge is 0.489 e. The van der Waals surface area contributed by atoms with E-state index in [1.54, 1.807) is 7.11 Å². The first-order valence-electron chi connectivity index (χ1n) is 10.0. The van der Waals surface area contributed by atoms with Crippen LogP contribution in [0.4, 0.5) is 0 Å². The van der Waals surface area contributed by atoms with Crippen LogP contribution in [0.2, 0.25) is 0 Å². The summed E-state index contributed by atoms with van der Waals surface area (Å²) in [5.74, 6) is 1.80. The van der Waals surface area contributed by atoms with E-state index in [9.17, 15) is 0 Å². The number of nitrogens with zero attached hydrogens (tertiary/aromatic N) is 2. The second-order valence-electron chi connectivity index (χ2n) is 7.25. The van der Waals surface area contributed by atoms with Crippen molar-refractivity contribution in [2.45, 2.75) is 45.3 Å². The van der Waals surface area contributed by atoms with Gasteiger partial charge in [-0.25, -0.2) is 0 Å². The van der Waals surface area contributed by atoms with Gasteiger partial charge < -0.3 is 25.0 Å². The van der Waals surface area contributed by atoms with Crippen molar-refractivity contribution >= 4 is 5.96 Å². The number of para-hydroxylation sites is 1. The van der Waals surface area contributed by atoms with Gasteiger partial charge in [-0.3, -0.25) is 4.99 Å². The van der Waals surface area contributed by atoms with E-state index < -0.39 is 0 Å². The number of hydrogen-bond donors (Lipinski definition) is 2. The van der Waals surface area contributed by atoms with E-state index in [-0.39, 0.29) is 6.10 Å². The Bertz CT molecular complexity index is 571. The molecule has 0 bridgehead atoms. The number of aryl methyl sites for hydroxylation is 1. The molecule has 1 unspecified atom stereocenters. The van der Waals surface area contributed by atoms with E-state index in [2.05, 4.69) is 40.4 Å². The fourth-order valence-electron chi connectivity index (χ4n) is 3.31. The Morgan fingerprint density at radius 1 is 1.30 bits per heavy atom. The highest BCUT2D eigenvalue weighted by Crippen LogP contribution is 2.17. The average molecular weight is 377 g/mol. The molecule has 27 heavy (non-hydrogen) atoms. The predicted molar refractivity (Wildman–Crippen MR) is 112 cm³/mol. The summed E-state index contributed by atoms with van der Waals surface area (Å²) in [6.07, 6.45) is 3.45. The van der Waals surface area contributed by atoms with Crippen molar-refractivity contribution in [3.8, 4) is 5.75 Å². The molecule has 0 aromatic heterocycles. The van der Waals surface area contributed by atoms with E-state index in [1.807, 2.05) is 25.2 Å². The fraction of sp³-hybridized carbons (Fsp3) is 0.667. The van der Waals surface area contributed by atoms with Crippen molar-refractivity contribution in [3.63, 3.8) is 0 Å². The number of aliphatic imine (C=N–C) groups is 1. The smallest absolute Gasteiger partial charge is 0.191 e. The van der Waals surface area contributed by atoms with E-state index in [1.165, 1.54) is 0 Å². The summed E-state index contributed by atoms with van der Waals surface area (Å²) < 4.78 is 11.2. The van der Waals surface area contributed by atoms with Gasteiger partial charge in [0, 0.05) is 46.4 Å². The Labute approximate surface area is 164 Å². The minimum absolute atomic E-state index is 0.0623. The van der Waals surface area contributed by atoms with Crippen LogP contribution in [0.5, 0.6) is 5.75 Å². The van der Waals surface area contributed by atoms with Gasteiger partial charge in [-0.15, -0.1) is 0 Å². The predicted octanol–water partition coefficient (Wildman–Crippen LogP) is 2.43. The summed E-state index contributed by atoms with van der Waals surface area (Å²) in [4.78, 5) is 6.89. The summed E-state index contributed by atoms with van der Waals surface area (Å²) in [5, 5.41) is 6.95. The van der Waals surface area contributed by atoms with Gasteiger partial charge in [0.1, 0.15) is 11.9 Å². The number of rotatable bonds is 9. The Morgan fingerprint density at radius 2 is 2.04 bits per heavy atom. The van der Waals surface area contributed by atoms with Crippen LogP contribution in [0.15, 0.2) is 29.3 Å². The van der Waals surface area contributed by atoms with Crippen LogP contribution in [0.25, 0.3) is 0 Å². The standard InChI is InChI=1S/C21H36N4O2/c1-17-8-5-6-9-20(17)27-18(2)16-23-21(22-3)24-19-10-13-25(14-11-19)12-7-15-26-4/h5-6,8-9,18-19H,7,10-16H2,1-4H3,(H2,22,23,24). The molecule has 6 nitrogen and oxygen atoms in total. The van der Waals surface area contributed by atoms with Crippen molar-refractivity contribution in [1.29, 1.82) is 0 Å². The minimum atomic E-state index is 0.0623. The lowest BCUT2D eigenvalue weighted by atomic mass is 10.1. The quantitative estimate of drug-likeness (QED) is 0.394. The van der Waals surface area contributed by atoms with E-state index in [0.29, 0.717) is 12.6 Å². The third-order valence-corrected chi connectivity index (χ3v) is 4.95. The zero-order chi connectivity index (χ0) is 19.5. The van der Waals surface area contributed by atoms with E-state index in [4.69, 9.17) is 9.47 Å². The summed E-state index contributed by atoms with van der Waals surface area (Å²) in [6, 6.07) is 8.59. The molecule has 1 aromatic carbocycles. The first-order valence-corrected chi connectivity index (χ1v) is 10.0. The highest BCUT2D eigenvalue weighted by atomic mass is 16.5. The number of benzene rings is 1. The molecule has 1 saturated heterocycles. The molecule has 0 spiro atoms. The van der Waals surface area contributed by atoms with Gasteiger partial charge in [0.25, 0.3) is 0 Å². The molecule has 1 fully saturated rings. The summed E-state index contributed by atoms with van der Waals surface area (Å²) in [6.45, 7) is 9.09. The second-order valence-corrected chi connectivity index (χ2v) is 7.25. The van der Waals surface area contributed by atoms with Gasteiger partial charge in [0.2, 0.25) is 0 Å². The lowest BCUT2D eigenvalue weighted by Gasteiger charge is -2.33. The van der Waals surface area contributed by atoms with Gasteiger partial charge in [-0.1, -0.05) is 18.2 Å². The third kappa shape index (κ3) is 7.77. The number of guanidine groups is 1. The maximum Gasteiger partial charge on any atom is 0.191 e. The van der Waals surface area contributed by atoms with Crippen molar-refractivity contribution in [3.05, 3.63) is 29.8 Å². The lowest BCUT2D eigenvalue weighted by Crippen LogP contribution is -2.50. The molecule has 1 aromatic rings. The molecule has 1 heterocycles. The molecule has 6 heteroatoms. The van der Waals surface area contributed by atoms with E-state index >= 15 is 0 Å². The zero-order valence-corrected chi connectivity index (χ0v) is 17.3. The Morgan fingerprint density at radius 3 is 2.70 bits per heavy atom. The molecule has 2 rings (SSSR count). The number of nitrogens with one attached hydrogen (secondary N) is 2. The van der Waals surface area contributed by atoms with Crippen molar-refractivity contribution < 1.29 is 9.47 Å². The highest BCUT2D eigenvalue weighted by molar-refractivity contribution is 5.80. The second kappa shape index (κ2) is 11.8. The monoisotopic (exact) mass is 376 g/mol. The SMILES string of the molecule is CN=C(NCC(C)Oc1ccccc1C)NC1CCN(CCCOC)CC1. The molecule has 0 saturated carbocycles. The Hall–Kier alpha value is -1.79. The summed E-state index contributed by atoms with van der Waals surface area (Å²) in [5.41, 5.74) is 1.16. The van der Waals surface area contributed by atoms with Crippen LogP contribution in [0.3, 0.4) is 0 Å². The summed E-state index contributed by atoms with van der Waals surface area (Å²) >= 11 is 0. The van der Waals surface area contributed by atoms with Crippen LogP contribution >= 0.6 is 0 Å². The zero-order valence-electron chi connectivity index (χ0n) is 17.3. The van der Waals surface area contributed by atoms with Crippen LogP contribution in [0, 0.1) is 6.92 Å². The molecule has 0 amide bonds. The molecule has 1 atom stereocenters. The Kier molecular flexibility index (Phi) is 9.42. The molecule has 0 radical (unpaired) electrons. The van der Waals surface area contributed by atoms with Crippen LogP contribution in [-0.2, 0) is 4.74 Å². The van der Waals surface area contributed by atoms with Gasteiger partial charge >= 0.3 is 0 Å². The van der Waals surface area contributed by atoms with Crippen molar-refractivity contribution in [2.24, 2.45) is 4.99 Å². The number of likely N-dealkylation sites (tertiary alicyclic amines) is 1. The molecular formula is C21H36N4O2. The molecule has 0 aliphatic carbocycles. The third-order valence-electron chi connectivity index (χ3n) is 4.95. The van der Waals surface area contributed by atoms with Gasteiger partial charge in [0.05, 0.1) is 6.54 Å². The van der Waals surface area contributed by atoms with Crippen LogP contribution in [0.1, 0.15) is 31.7 Å². The highest BCUT2D eigenvalue weighted by Gasteiger charge is 2.19. The van der Waals surface area contributed by atoms with Crippen molar-refractivity contribution in [2.75, 3.05) is 46.9 Å². The minimum Gasteiger partial charge on any atom is -0.489 e. The first kappa shape index (κ1) is 21.5. The Balaban J connectivity index is 1.68. The maximum atomic E-state index is 6.03. The van der Waals surface area contributed by atoms with E-state index in [0.717, 1.165) is 62.8 Å². The normalized spacial score (nSPS) is 17.6. The topological polar surface area (TPSA) is 58.1 Å². The lowest BCUT2D eigenvalue weighted by molar-refractivity contribution is 0.155. The fourth-order valence-corrected chi connectivity index (χ4v) is 3.31. The maximum absolute atomic E-state index is 6.03. The van der Waals surface area contributed by atoms with Crippen LogP contribution < -0.4 is 15.4 Å². The molecule has 1 aliphatic heterocycles. The molecule has 1 aliphatic rings. The molecule has 152 valence electrons. The number of methoxy groups -OCH3 is 1. The summed E-state index contributed by atoms with van der Waals surface area (Å²) in [7, 11) is 3.59. The molecule has 2 N–H and O–H groups in total. The first-order chi connectivity index (χ1) is 13.1. The van der Waals surface area contributed by atoms with Gasteiger partial charge in [-0.05, 0) is 44.7 Å². The average Bonchev–Trinajstić information content (AvgIpc) is 2.68. The van der Waals surface area contributed by atoms with Crippen molar-refractivity contribution in [1.82, 2.24) is 15.5 Å². The van der Waals surface area contributed by atoms with Crippen LogP contribution in [-0.4, -0.2) is 69.9 Å². The number of hydrogen-bond acceptors (Lipinski definition) is 4. The molecular weight excluding hydrogens is 340 g/mol.